The van der Waals surface area contributed by atoms with Crippen LogP contribution in [0.5, 0.6) is 11.5 Å². The van der Waals surface area contributed by atoms with Gasteiger partial charge < -0.3 is 19.3 Å². The first-order chi connectivity index (χ1) is 13.2. The number of carbonyl (C=O) groups excluding carboxylic acids is 1. The van der Waals surface area contributed by atoms with E-state index < -0.39 is 0 Å². The molecule has 2 aromatic rings. The van der Waals surface area contributed by atoms with Crippen molar-refractivity contribution in [3.63, 3.8) is 0 Å². The lowest BCUT2D eigenvalue weighted by Crippen LogP contribution is -3.13. The summed E-state index contributed by atoms with van der Waals surface area (Å²) in [4.78, 5) is 20.0. The van der Waals surface area contributed by atoms with Gasteiger partial charge in [-0.25, -0.2) is 0 Å². The Morgan fingerprint density at radius 3 is 2.56 bits per heavy atom. The number of quaternary nitrogens is 1. The molecule has 1 aliphatic rings. The van der Waals surface area contributed by atoms with Crippen LogP contribution in [0.2, 0.25) is 0 Å². The van der Waals surface area contributed by atoms with Gasteiger partial charge in [-0.15, -0.1) is 0 Å². The zero-order valence-corrected chi connectivity index (χ0v) is 15.9. The number of rotatable bonds is 6. The number of nitrogens with one attached hydrogen (secondary N) is 1. The maximum atomic E-state index is 12.5. The Bertz CT molecular complexity index is 785. The number of ether oxygens (including phenoxy) is 2. The third-order valence-corrected chi connectivity index (χ3v) is 4.82. The van der Waals surface area contributed by atoms with Crippen molar-refractivity contribution in [1.82, 2.24) is 9.88 Å². The molecular weight excluding hydrogens is 342 g/mol. The number of aromatic nitrogens is 1. The third-order valence-electron chi connectivity index (χ3n) is 4.82. The standard InChI is InChI=1S/C21H25N3O3/c1-26-19-5-3-4-18(21(19)27-2)6-7-20(25)24-14-12-23(13-15-24)16-17-8-10-22-11-9-17/h3-11H,12-16H2,1-2H3/p+1/b7-6+. The Morgan fingerprint density at radius 2 is 1.89 bits per heavy atom. The molecule has 0 saturated carbocycles. The fraction of sp³-hybridized carbons (Fsp3) is 0.333. The summed E-state index contributed by atoms with van der Waals surface area (Å²) >= 11 is 0. The zero-order valence-electron chi connectivity index (χ0n) is 15.9. The Kier molecular flexibility index (Phi) is 6.44. The molecule has 1 aliphatic heterocycles. The largest absolute Gasteiger partial charge is 0.493 e. The molecule has 0 atom stereocenters. The van der Waals surface area contributed by atoms with Crippen molar-refractivity contribution in [3.05, 3.63) is 59.9 Å². The maximum absolute atomic E-state index is 12.5. The summed E-state index contributed by atoms with van der Waals surface area (Å²) in [7, 11) is 3.20. The van der Waals surface area contributed by atoms with E-state index in [1.54, 1.807) is 26.4 Å². The van der Waals surface area contributed by atoms with Crippen LogP contribution in [0.1, 0.15) is 11.1 Å². The van der Waals surface area contributed by atoms with Crippen LogP contribution in [0, 0.1) is 0 Å². The van der Waals surface area contributed by atoms with Gasteiger partial charge in [0.2, 0.25) is 5.91 Å². The smallest absolute Gasteiger partial charge is 0.246 e. The molecule has 0 bridgehead atoms. The van der Waals surface area contributed by atoms with Gasteiger partial charge in [-0.1, -0.05) is 12.1 Å². The van der Waals surface area contributed by atoms with Crippen molar-refractivity contribution in [2.24, 2.45) is 0 Å². The quantitative estimate of drug-likeness (QED) is 0.774. The summed E-state index contributed by atoms with van der Waals surface area (Å²) in [5.41, 5.74) is 2.11. The maximum Gasteiger partial charge on any atom is 0.246 e. The van der Waals surface area contributed by atoms with Crippen molar-refractivity contribution in [2.75, 3.05) is 40.4 Å². The molecule has 6 heteroatoms. The molecular formula is C21H26N3O3+. The highest BCUT2D eigenvalue weighted by atomic mass is 16.5. The van der Waals surface area contributed by atoms with Crippen molar-refractivity contribution in [3.8, 4) is 11.5 Å². The third kappa shape index (κ3) is 4.86. The number of hydrogen-bond acceptors (Lipinski definition) is 4. The minimum absolute atomic E-state index is 0.0304. The fourth-order valence-corrected chi connectivity index (χ4v) is 3.32. The number of pyridine rings is 1. The molecule has 1 aromatic heterocycles. The van der Waals surface area contributed by atoms with Gasteiger partial charge in [-0.2, -0.15) is 0 Å². The molecule has 6 nitrogen and oxygen atoms in total. The number of carbonyl (C=O) groups is 1. The normalized spacial score (nSPS) is 15.1. The van der Waals surface area contributed by atoms with Gasteiger partial charge in [0.1, 0.15) is 6.54 Å². The van der Waals surface area contributed by atoms with E-state index >= 15 is 0 Å². The number of para-hydroxylation sites is 1. The molecule has 142 valence electrons. The molecule has 0 aliphatic carbocycles. The minimum atomic E-state index is 0.0304. The van der Waals surface area contributed by atoms with E-state index in [9.17, 15) is 4.79 Å². The van der Waals surface area contributed by atoms with Crippen molar-refractivity contribution < 1.29 is 19.2 Å². The number of methoxy groups -OCH3 is 2. The lowest BCUT2D eigenvalue weighted by Gasteiger charge is -2.31. The molecule has 1 aromatic carbocycles. The predicted molar refractivity (Wildman–Crippen MR) is 104 cm³/mol. The van der Waals surface area contributed by atoms with Crippen LogP contribution in [0.3, 0.4) is 0 Å². The topological polar surface area (TPSA) is 56.1 Å². The van der Waals surface area contributed by atoms with Gasteiger partial charge in [-0.05, 0) is 24.3 Å². The highest BCUT2D eigenvalue weighted by molar-refractivity contribution is 5.92. The molecule has 0 unspecified atom stereocenters. The fourth-order valence-electron chi connectivity index (χ4n) is 3.32. The van der Waals surface area contributed by atoms with Crippen LogP contribution in [0.25, 0.3) is 6.08 Å². The summed E-state index contributed by atoms with van der Waals surface area (Å²) in [6, 6.07) is 9.72. The van der Waals surface area contributed by atoms with E-state index in [1.807, 2.05) is 35.5 Å². The molecule has 1 N–H and O–H groups in total. The van der Waals surface area contributed by atoms with Crippen LogP contribution in [-0.2, 0) is 11.3 Å². The van der Waals surface area contributed by atoms with Crippen molar-refractivity contribution >= 4 is 12.0 Å². The molecule has 1 fully saturated rings. The molecule has 0 spiro atoms. The van der Waals surface area contributed by atoms with E-state index in [4.69, 9.17) is 9.47 Å². The average Bonchev–Trinajstić information content (AvgIpc) is 2.72. The highest BCUT2D eigenvalue weighted by Crippen LogP contribution is 2.31. The van der Waals surface area contributed by atoms with E-state index in [-0.39, 0.29) is 5.91 Å². The van der Waals surface area contributed by atoms with Crippen molar-refractivity contribution in [1.29, 1.82) is 0 Å². The summed E-state index contributed by atoms with van der Waals surface area (Å²) < 4.78 is 10.7. The summed E-state index contributed by atoms with van der Waals surface area (Å²) in [6.07, 6.45) is 7.06. The van der Waals surface area contributed by atoms with Gasteiger partial charge >= 0.3 is 0 Å². The first-order valence-electron chi connectivity index (χ1n) is 9.11. The number of amides is 1. The second-order valence-corrected chi connectivity index (χ2v) is 6.52. The predicted octanol–water partition coefficient (Wildman–Crippen LogP) is 1.04. The Morgan fingerprint density at radius 1 is 1.15 bits per heavy atom. The van der Waals surface area contributed by atoms with Gasteiger partial charge in [0.25, 0.3) is 0 Å². The number of hydrogen-bond donors (Lipinski definition) is 1. The second kappa shape index (κ2) is 9.19. The molecule has 27 heavy (non-hydrogen) atoms. The van der Waals surface area contributed by atoms with Crippen molar-refractivity contribution in [2.45, 2.75) is 6.54 Å². The number of benzene rings is 1. The summed E-state index contributed by atoms with van der Waals surface area (Å²) in [5.74, 6) is 1.32. The van der Waals surface area contributed by atoms with Crippen LogP contribution in [0.15, 0.2) is 48.8 Å². The minimum Gasteiger partial charge on any atom is -0.493 e. The van der Waals surface area contributed by atoms with Crippen LogP contribution < -0.4 is 14.4 Å². The van der Waals surface area contributed by atoms with Crippen LogP contribution in [0.4, 0.5) is 0 Å². The van der Waals surface area contributed by atoms with E-state index in [2.05, 4.69) is 17.1 Å². The van der Waals surface area contributed by atoms with Gasteiger partial charge in [0.05, 0.1) is 40.4 Å². The SMILES string of the molecule is COc1cccc(/C=C/C(=O)N2CC[NH+](Cc3ccncc3)CC2)c1OC. The Hall–Kier alpha value is -2.86. The van der Waals surface area contributed by atoms with E-state index in [0.717, 1.165) is 38.3 Å². The molecule has 1 saturated heterocycles. The van der Waals surface area contributed by atoms with E-state index in [1.165, 1.54) is 10.5 Å². The molecule has 0 radical (unpaired) electrons. The molecule has 1 amide bonds. The summed E-state index contributed by atoms with van der Waals surface area (Å²) in [5, 5.41) is 0. The zero-order chi connectivity index (χ0) is 19.1. The first-order valence-corrected chi connectivity index (χ1v) is 9.11. The highest BCUT2D eigenvalue weighted by Gasteiger charge is 2.22. The van der Waals surface area contributed by atoms with Gasteiger partial charge in [0.15, 0.2) is 11.5 Å². The number of piperazine rings is 1. The van der Waals surface area contributed by atoms with Crippen LogP contribution in [-0.4, -0.2) is 56.2 Å². The second-order valence-electron chi connectivity index (χ2n) is 6.52. The van der Waals surface area contributed by atoms with Gasteiger partial charge in [-0.3, -0.25) is 9.78 Å². The molecule has 3 rings (SSSR count). The lowest BCUT2D eigenvalue weighted by molar-refractivity contribution is -0.917. The van der Waals surface area contributed by atoms with Crippen LogP contribution >= 0.6 is 0 Å². The van der Waals surface area contributed by atoms with Gasteiger partial charge in [0, 0.05) is 29.6 Å². The lowest BCUT2D eigenvalue weighted by atomic mass is 10.1. The first kappa shape index (κ1) is 18.9. The van der Waals surface area contributed by atoms with E-state index in [0.29, 0.717) is 11.5 Å². The average molecular weight is 368 g/mol. The monoisotopic (exact) mass is 368 g/mol. The number of nitrogens with zero attached hydrogens (tertiary/aromatic N) is 2. The Labute approximate surface area is 160 Å². The molecule has 2 heterocycles. The Balaban J connectivity index is 1.56. The summed E-state index contributed by atoms with van der Waals surface area (Å²) in [6.45, 7) is 4.40.